The van der Waals surface area contributed by atoms with Gasteiger partial charge in [0.1, 0.15) is 23.9 Å². The number of carbonyl (C=O) groups is 1. The molecule has 0 bridgehead atoms. The lowest BCUT2D eigenvalue weighted by atomic mass is 10.3. The molecule has 0 fully saturated rings. The number of benzene rings is 1. The van der Waals surface area contributed by atoms with E-state index < -0.39 is 0 Å². The molecule has 116 valence electrons. The molecule has 23 heavy (non-hydrogen) atoms. The first-order chi connectivity index (χ1) is 11.2. The zero-order valence-electron chi connectivity index (χ0n) is 12.1. The van der Waals surface area contributed by atoms with Gasteiger partial charge in [0.15, 0.2) is 5.78 Å². The van der Waals surface area contributed by atoms with Gasteiger partial charge in [0, 0.05) is 4.47 Å². The molecular weight excluding hydrogens is 376 g/mol. The Bertz CT molecular complexity index is 818. The summed E-state index contributed by atoms with van der Waals surface area (Å²) in [5.41, 5.74) is 0. The Morgan fingerprint density at radius 1 is 1.22 bits per heavy atom. The van der Waals surface area contributed by atoms with E-state index in [9.17, 15) is 4.79 Å². The number of rotatable bonds is 6. The highest BCUT2D eigenvalue weighted by Gasteiger charge is 2.04. The number of thiophene rings is 1. The molecule has 2 heterocycles. The molecule has 0 aliphatic carbocycles. The summed E-state index contributed by atoms with van der Waals surface area (Å²) in [6, 6.07) is 14.9. The van der Waals surface area contributed by atoms with Gasteiger partial charge in [0.2, 0.25) is 0 Å². The molecule has 0 amide bonds. The van der Waals surface area contributed by atoms with E-state index in [0.717, 1.165) is 10.2 Å². The minimum absolute atomic E-state index is 0.0247. The third-order valence-electron chi connectivity index (χ3n) is 3.02. The summed E-state index contributed by atoms with van der Waals surface area (Å²) in [5, 5.41) is 1.88. The Balaban J connectivity index is 1.58. The second-order valence-corrected chi connectivity index (χ2v) is 6.59. The van der Waals surface area contributed by atoms with Crippen molar-refractivity contribution in [1.29, 1.82) is 0 Å². The van der Waals surface area contributed by atoms with Crippen LogP contribution >= 0.6 is 27.3 Å². The highest BCUT2D eigenvalue weighted by Crippen LogP contribution is 2.20. The Labute approximate surface area is 146 Å². The van der Waals surface area contributed by atoms with Crippen molar-refractivity contribution in [3.05, 3.63) is 80.9 Å². The molecule has 3 nitrogen and oxygen atoms in total. The minimum atomic E-state index is -0.0247. The molecule has 3 aromatic rings. The highest BCUT2D eigenvalue weighted by molar-refractivity contribution is 9.10. The summed E-state index contributed by atoms with van der Waals surface area (Å²) < 4.78 is 12.3. The van der Waals surface area contributed by atoms with E-state index in [0.29, 0.717) is 23.0 Å². The second-order valence-electron chi connectivity index (χ2n) is 4.73. The Hall–Kier alpha value is -2.11. The maximum absolute atomic E-state index is 11.9. The smallest absolute Gasteiger partial charge is 0.195 e. The van der Waals surface area contributed by atoms with Crippen LogP contribution in [0.4, 0.5) is 0 Å². The van der Waals surface area contributed by atoms with Crippen molar-refractivity contribution in [1.82, 2.24) is 0 Å². The van der Waals surface area contributed by atoms with Gasteiger partial charge in [0.25, 0.3) is 0 Å². The van der Waals surface area contributed by atoms with Gasteiger partial charge < -0.3 is 9.15 Å². The first kappa shape index (κ1) is 15.8. The first-order valence-corrected chi connectivity index (χ1v) is 8.61. The van der Waals surface area contributed by atoms with Crippen LogP contribution < -0.4 is 4.74 Å². The number of hydrogen-bond acceptors (Lipinski definition) is 4. The van der Waals surface area contributed by atoms with Crippen molar-refractivity contribution < 1.29 is 13.9 Å². The van der Waals surface area contributed by atoms with E-state index in [2.05, 4.69) is 15.9 Å². The topological polar surface area (TPSA) is 39.4 Å². The average Bonchev–Trinajstić information content (AvgIpc) is 3.22. The van der Waals surface area contributed by atoms with Crippen molar-refractivity contribution in [2.24, 2.45) is 0 Å². The van der Waals surface area contributed by atoms with Gasteiger partial charge in [-0.3, -0.25) is 4.79 Å². The summed E-state index contributed by atoms with van der Waals surface area (Å²) >= 11 is 4.82. The van der Waals surface area contributed by atoms with E-state index in [4.69, 9.17) is 9.15 Å². The van der Waals surface area contributed by atoms with Gasteiger partial charge in [-0.25, -0.2) is 0 Å². The Morgan fingerprint density at radius 2 is 2.13 bits per heavy atom. The Kier molecular flexibility index (Phi) is 5.10. The molecule has 0 saturated carbocycles. The predicted octanol–water partition coefficient (Wildman–Crippen LogP) is 5.58. The van der Waals surface area contributed by atoms with Crippen LogP contribution in [0.15, 0.2) is 68.9 Å². The Morgan fingerprint density at radius 3 is 2.91 bits per heavy atom. The van der Waals surface area contributed by atoms with Gasteiger partial charge in [-0.2, -0.15) is 0 Å². The molecule has 3 rings (SSSR count). The van der Waals surface area contributed by atoms with Gasteiger partial charge in [0.05, 0.1) is 4.88 Å². The molecule has 0 aliphatic heterocycles. The molecule has 1 aromatic carbocycles. The van der Waals surface area contributed by atoms with E-state index in [1.54, 1.807) is 12.1 Å². The van der Waals surface area contributed by atoms with Gasteiger partial charge in [-0.05, 0) is 53.9 Å². The largest absolute Gasteiger partial charge is 0.486 e. The number of ether oxygens (including phenoxy) is 1. The van der Waals surface area contributed by atoms with Crippen molar-refractivity contribution >= 4 is 39.1 Å². The number of furan rings is 1. The standard InChI is InChI=1S/C18H13BrO3S/c19-13-3-1-4-15(11-13)21-12-16-7-6-14(22-16)8-9-17(20)18-5-2-10-23-18/h1-11H,12H2/b9-8+. The van der Waals surface area contributed by atoms with Crippen LogP contribution in [0.1, 0.15) is 21.2 Å². The SMILES string of the molecule is O=C(/C=C/c1ccc(COc2cccc(Br)c2)o1)c1cccs1. The molecule has 0 aliphatic rings. The normalized spacial score (nSPS) is 11.0. The van der Waals surface area contributed by atoms with Crippen molar-refractivity contribution in [3.8, 4) is 5.75 Å². The maximum Gasteiger partial charge on any atom is 0.195 e. The van der Waals surface area contributed by atoms with E-state index in [1.165, 1.54) is 17.4 Å². The third-order valence-corrected chi connectivity index (χ3v) is 4.40. The molecular formula is C18H13BrO3S. The summed E-state index contributed by atoms with van der Waals surface area (Å²) in [4.78, 5) is 12.6. The number of allylic oxidation sites excluding steroid dienone is 1. The zero-order valence-corrected chi connectivity index (χ0v) is 14.5. The zero-order chi connectivity index (χ0) is 16.1. The summed E-state index contributed by atoms with van der Waals surface area (Å²) in [6.45, 7) is 0.336. The van der Waals surface area contributed by atoms with Gasteiger partial charge in [-0.1, -0.05) is 28.1 Å². The first-order valence-electron chi connectivity index (χ1n) is 6.94. The van der Waals surface area contributed by atoms with Crippen LogP contribution in [0.3, 0.4) is 0 Å². The molecule has 0 atom stereocenters. The summed E-state index contributed by atoms with van der Waals surface area (Å²) in [5.74, 6) is 2.07. The quantitative estimate of drug-likeness (QED) is 0.408. The van der Waals surface area contributed by atoms with Crippen LogP contribution in [0.25, 0.3) is 6.08 Å². The summed E-state index contributed by atoms with van der Waals surface area (Å²) in [6.07, 6.45) is 3.19. The fourth-order valence-corrected chi connectivity index (χ4v) is 2.95. The van der Waals surface area contributed by atoms with E-state index in [-0.39, 0.29) is 5.78 Å². The second kappa shape index (κ2) is 7.44. The molecule has 0 spiro atoms. The van der Waals surface area contributed by atoms with Crippen molar-refractivity contribution in [2.45, 2.75) is 6.61 Å². The van der Waals surface area contributed by atoms with Gasteiger partial charge >= 0.3 is 0 Å². The molecule has 0 unspecified atom stereocenters. The van der Waals surface area contributed by atoms with Crippen molar-refractivity contribution in [3.63, 3.8) is 0 Å². The predicted molar refractivity (Wildman–Crippen MR) is 94.9 cm³/mol. The van der Waals surface area contributed by atoms with Crippen molar-refractivity contribution in [2.75, 3.05) is 0 Å². The number of halogens is 1. The van der Waals surface area contributed by atoms with E-state index >= 15 is 0 Å². The fraction of sp³-hybridized carbons (Fsp3) is 0.0556. The molecule has 5 heteroatoms. The minimum Gasteiger partial charge on any atom is -0.486 e. The lowest BCUT2D eigenvalue weighted by Crippen LogP contribution is -1.93. The lowest BCUT2D eigenvalue weighted by molar-refractivity contribution is 0.105. The number of hydrogen-bond donors (Lipinski definition) is 0. The van der Waals surface area contributed by atoms with Crippen LogP contribution in [0, 0.1) is 0 Å². The van der Waals surface area contributed by atoms with Crippen LogP contribution in [0.5, 0.6) is 5.75 Å². The summed E-state index contributed by atoms with van der Waals surface area (Å²) in [7, 11) is 0. The monoisotopic (exact) mass is 388 g/mol. The highest BCUT2D eigenvalue weighted by atomic mass is 79.9. The van der Waals surface area contributed by atoms with Crippen LogP contribution in [-0.2, 0) is 6.61 Å². The van der Waals surface area contributed by atoms with E-state index in [1.807, 2.05) is 47.8 Å². The average molecular weight is 389 g/mol. The van der Waals surface area contributed by atoms with Crippen LogP contribution in [-0.4, -0.2) is 5.78 Å². The molecule has 2 aromatic heterocycles. The molecule has 0 N–H and O–H groups in total. The maximum atomic E-state index is 11.9. The fourth-order valence-electron chi connectivity index (χ4n) is 1.93. The molecule has 0 saturated heterocycles. The lowest BCUT2D eigenvalue weighted by Gasteiger charge is -2.03. The van der Waals surface area contributed by atoms with Gasteiger partial charge in [-0.15, -0.1) is 11.3 Å². The van der Waals surface area contributed by atoms with Crippen LogP contribution in [0.2, 0.25) is 0 Å². The molecule has 0 radical (unpaired) electrons. The third kappa shape index (κ3) is 4.43. The number of ketones is 1. The number of carbonyl (C=O) groups excluding carboxylic acids is 1.